The lowest BCUT2D eigenvalue weighted by molar-refractivity contribution is 0.284. The molecule has 1 aliphatic rings. The summed E-state index contributed by atoms with van der Waals surface area (Å²) in [6.45, 7) is 2.33. The van der Waals surface area contributed by atoms with E-state index in [1.54, 1.807) is 30.3 Å². The van der Waals surface area contributed by atoms with Crippen LogP contribution in [-0.2, 0) is 16.6 Å². The Morgan fingerprint density at radius 2 is 1.80 bits per heavy atom. The van der Waals surface area contributed by atoms with Crippen LogP contribution in [0.3, 0.4) is 0 Å². The molecule has 1 aliphatic heterocycles. The number of anilines is 1. The lowest BCUT2D eigenvalue weighted by atomic mass is 10.1. The van der Waals surface area contributed by atoms with Gasteiger partial charge in [0.05, 0.1) is 17.8 Å². The summed E-state index contributed by atoms with van der Waals surface area (Å²) in [6, 6.07) is 17.8. The third kappa shape index (κ3) is 3.99. The van der Waals surface area contributed by atoms with Gasteiger partial charge in [0.25, 0.3) is 10.0 Å². The van der Waals surface area contributed by atoms with Crippen molar-refractivity contribution in [3.63, 3.8) is 0 Å². The lowest BCUT2D eigenvalue weighted by Crippen LogP contribution is -2.22. The van der Waals surface area contributed by atoms with Crippen LogP contribution in [-0.4, -0.2) is 21.4 Å². The van der Waals surface area contributed by atoms with Crippen molar-refractivity contribution in [1.29, 1.82) is 0 Å². The van der Waals surface area contributed by atoms with E-state index in [1.165, 1.54) is 13.2 Å². The molecule has 0 radical (unpaired) electrons. The molecule has 0 spiro atoms. The SMILES string of the molecule is COc1cc(C2=NS(=O)(=O)c3ccccc3N2)cc(Cl)c1OCc1ccc(C)cc1. The Morgan fingerprint density at radius 1 is 1.07 bits per heavy atom. The summed E-state index contributed by atoms with van der Waals surface area (Å²) in [5, 5.41) is 3.33. The third-order valence-electron chi connectivity index (χ3n) is 4.64. The highest BCUT2D eigenvalue weighted by atomic mass is 35.5. The van der Waals surface area contributed by atoms with E-state index in [1.807, 2.05) is 31.2 Å². The number of hydrogen-bond donors (Lipinski definition) is 1. The van der Waals surface area contributed by atoms with Crippen molar-refractivity contribution in [2.45, 2.75) is 18.4 Å². The number of nitrogens with zero attached hydrogens (tertiary/aromatic N) is 1. The third-order valence-corrected chi connectivity index (χ3v) is 6.25. The highest BCUT2D eigenvalue weighted by Gasteiger charge is 2.26. The molecule has 0 aliphatic carbocycles. The lowest BCUT2D eigenvalue weighted by Gasteiger charge is -2.20. The number of para-hydroxylation sites is 1. The Labute approximate surface area is 180 Å². The Balaban J connectivity index is 1.66. The molecular formula is C22H19ClN2O4S. The fraction of sp³-hybridized carbons (Fsp3) is 0.136. The van der Waals surface area contributed by atoms with E-state index in [0.29, 0.717) is 29.4 Å². The topological polar surface area (TPSA) is 77.0 Å². The van der Waals surface area contributed by atoms with Crippen molar-refractivity contribution >= 4 is 33.1 Å². The minimum atomic E-state index is -3.82. The second kappa shape index (κ2) is 8.01. The predicted octanol–water partition coefficient (Wildman–Crippen LogP) is 4.80. The average molecular weight is 443 g/mol. The van der Waals surface area contributed by atoms with Gasteiger partial charge in [-0.3, -0.25) is 0 Å². The van der Waals surface area contributed by atoms with E-state index in [9.17, 15) is 8.42 Å². The first-order chi connectivity index (χ1) is 14.4. The van der Waals surface area contributed by atoms with Crippen LogP contribution in [0, 0.1) is 6.92 Å². The van der Waals surface area contributed by atoms with Gasteiger partial charge in [-0.25, -0.2) is 0 Å². The van der Waals surface area contributed by atoms with Crippen LogP contribution in [0.2, 0.25) is 5.02 Å². The molecule has 0 unspecified atom stereocenters. The van der Waals surface area contributed by atoms with Crippen molar-refractivity contribution < 1.29 is 17.9 Å². The fourth-order valence-corrected chi connectivity index (χ4v) is 4.48. The minimum Gasteiger partial charge on any atom is -0.493 e. The molecule has 30 heavy (non-hydrogen) atoms. The molecule has 0 bridgehead atoms. The summed E-state index contributed by atoms with van der Waals surface area (Å²) in [6.07, 6.45) is 0. The number of benzene rings is 3. The van der Waals surface area contributed by atoms with Gasteiger partial charge < -0.3 is 14.8 Å². The van der Waals surface area contributed by atoms with Crippen molar-refractivity contribution in [2.75, 3.05) is 12.4 Å². The molecule has 0 atom stereocenters. The molecule has 3 aromatic carbocycles. The summed E-state index contributed by atoms with van der Waals surface area (Å²) >= 11 is 6.46. The number of hydrogen-bond acceptors (Lipinski definition) is 5. The predicted molar refractivity (Wildman–Crippen MR) is 117 cm³/mol. The van der Waals surface area contributed by atoms with Crippen molar-refractivity contribution in [3.05, 3.63) is 82.4 Å². The molecule has 0 fully saturated rings. The average Bonchev–Trinajstić information content (AvgIpc) is 2.73. The molecule has 8 heteroatoms. The summed E-state index contributed by atoms with van der Waals surface area (Å²) in [7, 11) is -2.33. The van der Waals surface area contributed by atoms with Crippen molar-refractivity contribution in [3.8, 4) is 11.5 Å². The maximum Gasteiger partial charge on any atom is 0.286 e. The molecule has 3 aromatic rings. The van der Waals surface area contributed by atoms with Crippen molar-refractivity contribution in [1.82, 2.24) is 0 Å². The zero-order valence-electron chi connectivity index (χ0n) is 16.3. The van der Waals surface area contributed by atoms with Crippen LogP contribution >= 0.6 is 11.6 Å². The molecule has 4 rings (SSSR count). The van der Waals surface area contributed by atoms with Crippen LogP contribution in [0.15, 0.2) is 70.0 Å². The number of nitrogens with one attached hydrogen (secondary N) is 1. The van der Waals surface area contributed by atoms with Crippen LogP contribution in [0.5, 0.6) is 11.5 Å². The second-order valence-corrected chi connectivity index (χ2v) is 8.78. The molecule has 1 heterocycles. The van der Waals surface area contributed by atoms with E-state index in [4.69, 9.17) is 21.1 Å². The number of aryl methyl sites for hydroxylation is 1. The van der Waals surface area contributed by atoms with Crippen molar-refractivity contribution in [2.24, 2.45) is 4.40 Å². The molecule has 154 valence electrons. The molecular weight excluding hydrogens is 424 g/mol. The Kier molecular flexibility index (Phi) is 5.40. The monoisotopic (exact) mass is 442 g/mol. The zero-order chi connectivity index (χ0) is 21.3. The van der Waals surface area contributed by atoms with E-state index in [0.717, 1.165) is 11.1 Å². The zero-order valence-corrected chi connectivity index (χ0v) is 17.9. The van der Waals surface area contributed by atoms with Crippen LogP contribution in [0.4, 0.5) is 5.69 Å². The fourth-order valence-electron chi connectivity index (χ4n) is 3.08. The maximum atomic E-state index is 12.5. The number of fused-ring (bicyclic) bond motifs is 1. The summed E-state index contributed by atoms with van der Waals surface area (Å²) in [5.41, 5.74) is 3.08. The van der Waals surface area contributed by atoms with Gasteiger partial charge in [0, 0.05) is 5.56 Å². The number of sulfonamides is 1. The first-order valence-electron chi connectivity index (χ1n) is 9.14. The Bertz CT molecular complexity index is 1240. The standard InChI is InChI=1S/C22H19ClN2O4S/c1-14-7-9-15(10-8-14)13-29-21-17(23)11-16(12-19(21)28-2)22-24-18-5-3-4-6-20(18)30(26,27)25-22/h3-12H,13H2,1-2H3,(H,24,25). The molecule has 0 saturated heterocycles. The highest BCUT2D eigenvalue weighted by molar-refractivity contribution is 7.90. The van der Waals surface area contributed by atoms with E-state index in [-0.39, 0.29) is 15.8 Å². The van der Waals surface area contributed by atoms with Crippen LogP contribution in [0.1, 0.15) is 16.7 Å². The quantitative estimate of drug-likeness (QED) is 0.614. The van der Waals surface area contributed by atoms with Crippen LogP contribution < -0.4 is 14.8 Å². The van der Waals surface area contributed by atoms with E-state index >= 15 is 0 Å². The Hall–Kier alpha value is -3.03. The maximum absolute atomic E-state index is 12.5. The van der Waals surface area contributed by atoms with E-state index in [2.05, 4.69) is 9.71 Å². The number of methoxy groups -OCH3 is 1. The van der Waals surface area contributed by atoms with Gasteiger partial charge in [-0.2, -0.15) is 8.42 Å². The number of ether oxygens (including phenoxy) is 2. The van der Waals surface area contributed by atoms with Gasteiger partial charge in [0.2, 0.25) is 0 Å². The number of rotatable bonds is 5. The second-order valence-electron chi connectivity index (χ2n) is 6.80. The van der Waals surface area contributed by atoms with Gasteiger partial charge >= 0.3 is 0 Å². The smallest absolute Gasteiger partial charge is 0.286 e. The largest absolute Gasteiger partial charge is 0.493 e. The summed E-state index contributed by atoms with van der Waals surface area (Å²) < 4.78 is 40.3. The van der Waals surface area contributed by atoms with Gasteiger partial charge in [-0.15, -0.1) is 4.40 Å². The molecule has 6 nitrogen and oxygen atoms in total. The normalized spacial score (nSPS) is 14.3. The first-order valence-corrected chi connectivity index (χ1v) is 11.0. The molecule has 0 saturated carbocycles. The van der Waals surface area contributed by atoms with Gasteiger partial charge in [-0.05, 0) is 36.8 Å². The summed E-state index contributed by atoms with van der Waals surface area (Å²) in [4.78, 5) is 0.130. The van der Waals surface area contributed by atoms with Gasteiger partial charge in [0.15, 0.2) is 17.3 Å². The Morgan fingerprint density at radius 3 is 2.53 bits per heavy atom. The van der Waals surface area contributed by atoms with Gasteiger partial charge in [0.1, 0.15) is 11.5 Å². The number of amidine groups is 1. The molecule has 1 N–H and O–H groups in total. The molecule has 0 aromatic heterocycles. The number of halogens is 1. The minimum absolute atomic E-state index is 0.130. The van der Waals surface area contributed by atoms with Gasteiger partial charge in [-0.1, -0.05) is 53.6 Å². The molecule has 0 amide bonds. The van der Waals surface area contributed by atoms with E-state index < -0.39 is 10.0 Å². The summed E-state index contributed by atoms with van der Waals surface area (Å²) in [5.74, 6) is 0.924. The highest BCUT2D eigenvalue weighted by Crippen LogP contribution is 2.38. The van der Waals surface area contributed by atoms with Crippen LogP contribution in [0.25, 0.3) is 0 Å². The first kappa shape index (κ1) is 20.3.